The van der Waals surface area contributed by atoms with E-state index >= 15 is 0 Å². The lowest BCUT2D eigenvalue weighted by Crippen LogP contribution is -2.09. The zero-order chi connectivity index (χ0) is 25.3. The Bertz CT molecular complexity index is 808. The molecule has 1 unspecified atom stereocenters. The first-order valence-electron chi connectivity index (χ1n) is 14.0. The minimum Gasteiger partial charge on any atom is -0.494 e. The molecule has 194 valence electrons. The van der Waals surface area contributed by atoms with Gasteiger partial charge >= 0.3 is 5.97 Å². The standard InChI is InChI=1S/C32H48O3/c1-5-6-7-8-9-10-11-24-34-31-21-19-29(20-22-31)28-15-17-30(18-16-28)32(33)35-25-23-27(4)14-12-13-26(2)3/h15-22,26-27H,5-14,23-25H2,1-4H3. The van der Waals surface area contributed by atoms with Crippen molar-refractivity contribution in [1.82, 2.24) is 0 Å². The molecule has 0 heterocycles. The predicted octanol–water partition coefficient (Wildman–Crippen LogP) is 9.49. The Morgan fingerprint density at radius 2 is 1.29 bits per heavy atom. The van der Waals surface area contributed by atoms with E-state index in [0.717, 1.165) is 42.2 Å². The van der Waals surface area contributed by atoms with Crippen molar-refractivity contribution in [2.24, 2.45) is 11.8 Å². The largest absolute Gasteiger partial charge is 0.494 e. The number of esters is 1. The van der Waals surface area contributed by atoms with Gasteiger partial charge in [0.15, 0.2) is 0 Å². The number of hydrogen-bond acceptors (Lipinski definition) is 3. The second-order valence-electron chi connectivity index (χ2n) is 10.4. The Labute approximate surface area is 214 Å². The first-order chi connectivity index (χ1) is 17.0. The molecule has 0 saturated heterocycles. The van der Waals surface area contributed by atoms with E-state index in [9.17, 15) is 4.79 Å². The smallest absolute Gasteiger partial charge is 0.338 e. The van der Waals surface area contributed by atoms with E-state index in [4.69, 9.17) is 9.47 Å². The molecule has 0 amide bonds. The van der Waals surface area contributed by atoms with E-state index in [0.29, 0.717) is 18.1 Å². The Kier molecular flexibility index (Phi) is 14.2. The minimum atomic E-state index is -0.236. The van der Waals surface area contributed by atoms with E-state index in [1.807, 2.05) is 36.4 Å². The Morgan fingerprint density at radius 1 is 0.686 bits per heavy atom. The average molecular weight is 481 g/mol. The Balaban J connectivity index is 1.69. The van der Waals surface area contributed by atoms with Crippen molar-refractivity contribution in [3.05, 3.63) is 54.1 Å². The van der Waals surface area contributed by atoms with Crippen LogP contribution in [0.2, 0.25) is 0 Å². The van der Waals surface area contributed by atoms with Crippen LogP contribution in [0.4, 0.5) is 0 Å². The summed E-state index contributed by atoms with van der Waals surface area (Å²) in [5, 5.41) is 0. The summed E-state index contributed by atoms with van der Waals surface area (Å²) in [4.78, 5) is 12.4. The lowest BCUT2D eigenvalue weighted by atomic mass is 9.98. The molecule has 0 saturated carbocycles. The van der Waals surface area contributed by atoms with E-state index in [2.05, 4.69) is 39.8 Å². The SMILES string of the molecule is CCCCCCCCCOc1ccc(-c2ccc(C(=O)OCCC(C)CCCC(C)C)cc2)cc1. The third-order valence-electron chi connectivity index (χ3n) is 6.65. The van der Waals surface area contributed by atoms with Crippen LogP contribution in [-0.4, -0.2) is 19.2 Å². The quantitative estimate of drug-likeness (QED) is 0.157. The molecule has 2 aromatic rings. The molecule has 1 atom stereocenters. The highest BCUT2D eigenvalue weighted by atomic mass is 16.5. The maximum atomic E-state index is 12.4. The normalized spacial score (nSPS) is 12.0. The van der Waals surface area contributed by atoms with Gasteiger partial charge in [-0.2, -0.15) is 0 Å². The highest BCUT2D eigenvalue weighted by molar-refractivity contribution is 5.90. The van der Waals surface area contributed by atoms with Gasteiger partial charge in [0.2, 0.25) is 0 Å². The second kappa shape index (κ2) is 17.2. The first-order valence-corrected chi connectivity index (χ1v) is 14.0. The van der Waals surface area contributed by atoms with Gasteiger partial charge in [-0.3, -0.25) is 0 Å². The predicted molar refractivity (Wildman–Crippen MR) is 148 cm³/mol. The van der Waals surface area contributed by atoms with Gasteiger partial charge in [-0.15, -0.1) is 0 Å². The lowest BCUT2D eigenvalue weighted by Gasteiger charge is -2.12. The van der Waals surface area contributed by atoms with E-state index in [-0.39, 0.29) is 5.97 Å². The van der Waals surface area contributed by atoms with Gasteiger partial charge < -0.3 is 9.47 Å². The van der Waals surface area contributed by atoms with Crippen molar-refractivity contribution in [2.75, 3.05) is 13.2 Å². The molecular formula is C32H48O3. The van der Waals surface area contributed by atoms with Crippen LogP contribution in [0.15, 0.2) is 48.5 Å². The number of hydrogen-bond donors (Lipinski definition) is 0. The number of ether oxygens (including phenoxy) is 2. The minimum absolute atomic E-state index is 0.236. The van der Waals surface area contributed by atoms with Gasteiger partial charge in [-0.1, -0.05) is 110 Å². The number of benzene rings is 2. The monoisotopic (exact) mass is 480 g/mol. The third kappa shape index (κ3) is 12.3. The first kappa shape index (κ1) is 28.9. The van der Waals surface area contributed by atoms with Crippen LogP contribution in [0.25, 0.3) is 11.1 Å². The van der Waals surface area contributed by atoms with Crippen molar-refractivity contribution in [3.8, 4) is 16.9 Å². The summed E-state index contributed by atoms with van der Waals surface area (Å²) >= 11 is 0. The Hall–Kier alpha value is -2.29. The molecule has 0 radical (unpaired) electrons. The van der Waals surface area contributed by atoms with Crippen molar-refractivity contribution in [3.63, 3.8) is 0 Å². The van der Waals surface area contributed by atoms with Gasteiger partial charge in [-0.25, -0.2) is 4.79 Å². The molecule has 3 heteroatoms. The van der Waals surface area contributed by atoms with E-state index in [1.165, 1.54) is 57.8 Å². The maximum absolute atomic E-state index is 12.4. The summed E-state index contributed by atoms with van der Waals surface area (Å²) in [6.45, 7) is 10.3. The molecule has 2 rings (SSSR count). The van der Waals surface area contributed by atoms with Gasteiger partial charge in [0.25, 0.3) is 0 Å². The van der Waals surface area contributed by atoms with Crippen molar-refractivity contribution < 1.29 is 14.3 Å². The lowest BCUT2D eigenvalue weighted by molar-refractivity contribution is 0.0483. The fourth-order valence-electron chi connectivity index (χ4n) is 4.25. The molecule has 0 aromatic heterocycles. The summed E-state index contributed by atoms with van der Waals surface area (Å²) in [6, 6.07) is 15.9. The summed E-state index contributed by atoms with van der Waals surface area (Å²) in [5.41, 5.74) is 2.80. The van der Waals surface area contributed by atoms with Crippen LogP contribution in [0.3, 0.4) is 0 Å². The van der Waals surface area contributed by atoms with Gasteiger partial charge in [0.1, 0.15) is 5.75 Å². The maximum Gasteiger partial charge on any atom is 0.338 e. The average Bonchev–Trinajstić information content (AvgIpc) is 2.86. The molecule has 0 fully saturated rings. The summed E-state index contributed by atoms with van der Waals surface area (Å²) in [6.07, 6.45) is 13.7. The zero-order valence-electron chi connectivity index (χ0n) is 22.7. The second-order valence-corrected chi connectivity index (χ2v) is 10.4. The fourth-order valence-corrected chi connectivity index (χ4v) is 4.25. The van der Waals surface area contributed by atoms with Gasteiger partial charge in [-0.05, 0) is 60.1 Å². The number of unbranched alkanes of at least 4 members (excludes halogenated alkanes) is 6. The van der Waals surface area contributed by atoms with E-state index < -0.39 is 0 Å². The molecule has 0 aliphatic rings. The topological polar surface area (TPSA) is 35.5 Å². The van der Waals surface area contributed by atoms with Gasteiger partial charge in [0, 0.05) is 0 Å². The third-order valence-corrected chi connectivity index (χ3v) is 6.65. The highest BCUT2D eigenvalue weighted by Gasteiger charge is 2.10. The molecule has 0 aliphatic carbocycles. The van der Waals surface area contributed by atoms with E-state index in [1.54, 1.807) is 0 Å². The van der Waals surface area contributed by atoms with Crippen molar-refractivity contribution in [1.29, 1.82) is 0 Å². The number of carbonyl (C=O) groups excluding carboxylic acids is 1. The van der Waals surface area contributed by atoms with Crippen LogP contribution in [0, 0.1) is 11.8 Å². The van der Waals surface area contributed by atoms with Crippen molar-refractivity contribution in [2.45, 2.75) is 98.3 Å². The molecule has 0 spiro atoms. The fraction of sp³-hybridized carbons (Fsp3) is 0.594. The Morgan fingerprint density at radius 3 is 1.91 bits per heavy atom. The molecular weight excluding hydrogens is 432 g/mol. The van der Waals surface area contributed by atoms with Crippen LogP contribution in [-0.2, 0) is 4.74 Å². The molecule has 35 heavy (non-hydrogen) atoms. The van der Waals surface area contributed by atoms with Crippen LogP contribution in [0.1, 0.15) is 109 Å². The number of rotatable bonds is 18. The van der Waals surface area contributed by atoms with Crippen molar-refractivity contribution >= 4 is 5.97 Å². The zero-order valence-corrected chi connectivity index (χ0v) is 22.7. The summed E-state index contributed by atoms with van der Waals surface area (Å²) in [7, 11) is 0. The summed E-state index contributed by atoms with van der Waals surface area (Å²) < 4.78 is 11.4. The van der Waals surface area contributed by atoms with Crippen LogP contribution < -0.4 is 4.74 Å². The molecule has 2 aromatic carbocycles. The molecule has 3 nitrogen and oxygen atoms in total. The van der Waals surface area contributed by atoms with Gasteiger partial charge in [0.05, 0.1) is 18.8 Å². The molecule has 0 aliphatic heterocycles. The van der Waals surface area contributed by atoms with Crippen LogP contribution in [0.5, 0.6) is 5.75 Å². The summed E-state index contributed by atoms with van der Waals surface area (Å²) in [5.74, 6) is 2.03. The number of carbonyl (C=O) groups is 1. The molecule has 0 bridgehead atoms. The van der Waals surface area contributed by atoms with Crippen LogP contribution >= 0.6 is 0 Å². The highest BCUT2D eigenvalue weighted by Crippen LogP contribution is 2.23. The molecule has 0 N–H and O–H groups in total.